The Balaban J connectivity index is 2.22. The summed E-state index contributed by atoms with van der Waals surface area (Å²) in [6, 6.07) is 5.84. The van der Waals surface area contributed by atoms with Gasteiger partial charge in [-0.3, -0.25) is 4.79 Å². The van der Waals surface area contributed by atoms with E-state index in [0.29, 0.717) is 18.0 Å². The Hall–Kier alpha value is -1.86. The van der Waals surface area contributed by atoms with Crippen LogP contribution in [0.15, 0.2) is 18.2 Å². The van der Waals surface area contributed by atoms with Crippen LogP contribution in [-0.2, 0) is 17.6 Å². The van der Waals surface area contributed by atoms with Gasteiger partial charge in [0.2, 0.25) is 0 Å². The van der Waals surface area contributed by atoms with Gasteiger partial charge < -0.3 is 10.4 Å². The SMILES string of the molecule is [C-]#[N+]c1cc(CC(C)C)cc(CC(C(=O)O)C2CCNC2)c1. The van der Waals surface area contributed by atoms with Crippen LogP contribution in [0.5, 0.6) is 0 Å². The Morgan fingerprint density at radius 1 is 1.36 bits per heavy atom. The van der Waals surface area contributed by atoms with Gasteiger partial charge in [-0.15, -0.1) is 0 Å². The third kappa shape index (κ3) is 4.32. The zero-order valence-corrected chi connectivity index (χ0v) is 13.3. The molecule has 0 aliphatic carbocycles. The van der Waals surface area contributed by atoms with Crippen LogP contribution < -0.4 is 5.32 Å². The summed E-state index contributed by atoms with van der Waals surface area (Å²) in [5.74, 6) is -0.402. The highest BCUT2D eigenvalue weighted by Crippen LogP contribution is 2.27. The van der Waals surface area contributed by atoms with E-state index in [9.17, 15) is 9.90 Å². The highest BCUT2D eigenvalue weighted by molar-refractivity contribution is 5.71. The first-order chi connectivity index (χ1) is 10.5. The summed E-state index contributed by atoms with van der Waals surface area (Å²) < 4.78 is 0. The monoisotopic (exact) mass is 300 g/mol. The van der Waals surface area contributed by atoms with Gasteiger partial charge in [0.25, 0.3) is 0 Å². The van der Waals surface area contributed by atoms with Crippen LogP contribution in [0.25, 0.3) is 4.85 Å². The van der Waals surface area contributed by atoms with Crippen LogP contribution >= 0.6 is 0 Å². The summed E-state index contributed by atoms with van der Waals surface area (Å²) >= 11 is 0. The van der Waals surface area contributed by atoms with Crippen LogP contribution in [-0.4, -0.2) is 24.2 Å². The molecule has 1 aliphatic heterocycles. The fourth-order valence-electron chi connectivity index (χ4n) is 3.24. The van der Waals surface area contributed by atoms with E-state index < -0.39 is 5.97 Å². The quantitative estimate of drug-likeness (QED) is 0.793. The van der Waals surface area contributed by atoms with E-state index in [1.165, 1.54) is 0 Å². The first kappa shape index (κ1) is 16.5. The second-order valence-corrected chi connectivity index (χ2v) is 6.62. The van der Waals surface area contributed by atoms with Crippen molar-refractivity contribution in [2.24, 2.45) is 17.8 Å². The average molecular weight is 300 g/mol. The predicted octanol–water partition coefficient (Wildman–Crippen LogP) is 3.29. The number of hydrogen-bond donors (Lipinski definition) is 2. The Kier molecular flexibility index (Phi) is 5.57. The lowest BCUT2D eigenvalue weighted by Crippen LogP contribution is -2.27. The Labute approximate surface area is 132 Å². The molecule has 0 spiro atoms. The molecule has 2 unspecified atom stereocenters. The van der Waals surface area contributed by atoms with Gasteiger partial charge in [-0.25, -0.2) is 4.85 Å². The third-order valence-electron chi connectivity index (χ3n) is 4.25. The molecule has 118 valence electrons. The van der Waals surface area contributed by atoms with Crippen molar-refractivity contribution < 1.29 is 9.90 Å². The topological polar surface area (TPSA) is 53.7 Å². The molecule has 0 bridgehead atoms. The van der Waals surface area contributed by atoms with Crippen molar-refractivity contribution in [3.8, 4) is 0 Å². The van der Waals surface area contributed by atoms with E-state index in [2.05, 4.69) is 30.1 Å². The van der Waals surface area contributed by atoms with Gasteiger partial charge in [-0.05, 0) is 44.2 Å². The molecule has 2 N–H and O–H groups in total. The van der Waals surface area contributed by atoms with Crippen molar-refractivity contribution in [3.05, 3.63) is 40.7 Å². The smallest absolute Gasteiger partial charge is 0.307 e. The van der Waals surface area contributed by atoms with Crippen molar-refractivity contribution >= 4 is 11.7 Å². The number of carboxylic acid groups (broad SMARTS) is 1. The fourth-order valence-corrected chi connectivity index (χ4v) is 3.24. The van der Waals surface area contributed by atoms with Crippen LogP contribution in [0.1, 0.15) is 31.4 Å². The summed E-state index contributed by atoms with van der Waals surface area (Å²) in [6.45, 7) is 13.2. The first-order valence-corrected chi connectivity index (χ1v) is 7.93. The lowest BCUT2D eigenvalue weighted by Gasteiger charge is -2.19. The van der Waals surface area contributed by atoms with Crippen LogP contribution in [0.2, 0.25) is 0 Å². The van der Waals surface area contributed by atoms with E-state index >= 15 is 0 Å². The van der Waals surface area contributed by atoms with E-state index in [-0.39, 0.29) is 11.8 Å². The maximum Gasteiger partial charge on any atom is 0.307 e. The summed E-state index contributed by atoms with van der Waals surface area (Å²) in [5.41, 5.74) is 2.72. The molecule has 0 radical (unpaired) electrons. The van der Waals surface area contributed by atoms with E-state index in [1.807, 2.05) is 12.1 Å². The Bertz CT molecular complexity index is 569. The molecular formula is C18H24N2O2. The summed E-state index contributed by atoms with van der Waals surface area (Å²) in [6.07, 6.45) is 2.34. The van der Waals surface area contributed by atoms with Crippen LogP contribution in [0.4, 0.5) is 5.69 Å². The molecule has 1 heterocycles. The molecule has 0 saturated carbocycles. The lowest BCUT2D eigenvalue weighted by molar-refractivity contribution is -0.143. The molecule has 1 aliphatic rings. The number of rotatable bonds is 6. The van der Waals surface area contributed by atoms with Gasteiger partial charge in [0.05, 0.1) is 12.5 Å². The van der Waals surface area contributed by atoms with E-state index in [4.69, 9.17) is 6.57 Å². The largest absolute Gasteiger partial charge is 0.481 e. The zero-order chi connectivity index (χ0) is 16.1. The molecule has 1 aromatic carbocycles. The first-order valence-electron chi connectivity index (χ1n) is 7.93. The van der Waals surface area contributed by atoms with Gasteiger partial charge in [0.1, 0.15) is 0 Å². The standard InChI is InChI=1S/C18H24N2O2/c1-12(2)6-13-7-14(9-16(8-13)19-3)10-17(18(21)22)15-4-5-20-11-15/h7-9,12,15,17,20H,4-6,10-11H2,1-2H3,(H,21,22). The maximum atomic E-state index is 11.6. The number of aliphatic carboxylic acids is 1. The predicted molar refractivity (Wildman–Crippen MR) is 87.1 cm³/mol. The number of nitrogens with one attached hydrogen (secondary N) is 1. The van der Waals surface area contributed by atoms with E-state index in [1.54, 1.807) is 0 Å². The molecule has 2 rings (SSSR count). The molecule has 4 nitrogen and oxygen atoms in total. The molecule has 1 saturated heterocycles. The second kappa shape index (κ2) is 7.42. The van der Waals surface area contributed by atoms with Crippen LogP contribution in [0.3, 0.4) is 0 Å². The molecular weight excluding hydrogens is 276 g/mol. The highest BCUT2D eigenvalue weighted by atomic mass is 16.4. The highest BCUT2D eigenvalue weighted by Gasteiger charge is 2.30. The molecule has 0 aromatic heterocycles. The zero-order valence-electron chi connectivity index (χ0n) is 13.3. The van der Waals surface area contributed by atoms with Crippen LogP contribution in [0, 0.1) is 24.3 Å². The Morgan fingerprint density at radius 3 is 2.55 bits per heavy atom. The maximum absolute atomic E-state index is 11.6. The summed E-state index contributed by atoms with van der Waals surface area (Å²) in [4.78, 5) is 15.2. The van der Waals surface area contributed by atoms with Gasteiger partial charge in [-0.2, -0.15) is 0 Å². The number of carboxylic acids is 1. The summed E-state index contributed by atoms with van der Waals surface area (Å²) in [5, 5.41) is 12.8. The fraction of sp³-hybridized carbons (Fsp3) is 0.556. The van der Waals surface area contributed by atoms with Gasteiger partial charge >= 0.3 is 5.97 Å². The lowest BCUT2D eigenvalue weighted by atomic mass is 9.85. The van der Waals surface area contributed by atoms with E-state index in [0.717, 1.165) is 37.1 Å². The van der Waals surface area contributed by atoms with Gasteiger partial charge in [0, 0.05) is 0 Å². The molecule has 1 aromatic rings. The minimum atomic E-state index is -0.729. The van der Waals surface area contributed by atoms with Crippen molar-refractivity contribution in [1.29, 1.82) is 0 Å². The number of nitrogens with zero attached hydrogens (tertiary/aromatic N) is 1. The average Bonchev–Trinajstić information content (AvgIpc) is 2.97. The second-order valence-electron chi connectivity index (χ2n) is 6.62. The third-order valence-corrected chi connectivity index (χ3v) is 4.25. The molecule has 2 atom stereocenters. The number of benzene rings is 1. The van der Waals surface area contributed by atoms with Gasteiger partial charge in [-0.1, -0.05) is 43.2 Å². The molecule has 1 fully saturated rings. The molecule has 4 heteroatoms. The van der Waals surface area contributed by atoms with Crippen molar-refractivity contribution in [1.82, 2.24) is 5.32 Å². The Morgan fingerprint density at radius 2 is 2.05 bits per heavy atom. The van der Waals surface area contributed by atoms with Crippen molar-refractivity contribution in [2.75, 3.05) is 13.1 Å². The minimum absolute atomic E-state index is 0.183. The van der Waals surface area contributed by atoms with Gasteiger partial charge in [0.15, 0.2) is 5.69 Å². The number of hydrogen-bond acceptors (Lipinski definition) is 2. The molecule has 22 heavy (non-hydrogen) atoms. The minimum Gasteiger partial charge on any atom is -0.481 e. The number of carbonyl (C=O) groups is 1. The van der Waals surface area contributed by atoms with Crippen molar-refractivity contribution in [2.45, 2.75) is 33.1 Å². The summed E-state index contributed by atoms with van der Waals surface area (Å²) in [7, 11) is 0. The molecule has 0 amide bonds. The normalized spacial score (nSPS) is 19.1. The van der Waals surface area contributed by atoms with Crippen molar-refractivity contribution in [3.63, 3.8) is 0 Å².